The molecule has 1 aliphatic heterocycles. The summed E-state index contributed by atoms with van der Waals surface area (Å²) in [5.41, 5.74) is 6.29. The van der Waals surface area contributed by atoms with Gasteiger partial charge < -0.3 is 15.6 Å². The quantitative estimate of drug-likeness (QED) is 0.392. The Morgan fingerprint density at radius 3 is 2.31 bits per heavy atom. The van der Waals surface area contributed by atoms with Crippen LogP contribution in [0.15, 0.2) is 76.0 Å². The summed E-state index contributed by atoms with van der Waals surface area (Å²) < 4.78 is 49.6. The first-order valence-corrected chi connectivity index (χ1v) is 11.9. The number of alkyl halides is 3. The molecule has 3 N–H and O–H groups in total. The summed E-state index contributed by atoms with van der Waals surface area (Å²) in [7, 11) is 0. The Morgan fingerprint density at radius 1 is 1.03 bits per heavy atom. The molecule has 0 bridgehead atoms. The van der Waals surface area contributed by atoms with E-state index in [1.807, 2.05) is 6.07 Å². The van der Waals surface area contributed by atoms with Crippen molar-refractivity contribution in [2.24, 2.45) is 10.1 Å². The lowest BCUT2D eigenvalue weighted by Gasteiger charge is -2.26. The van der Waals surface area contributed by atoms with Crippen molar-refractivity contribution in [3.63, 3.8) is 0 Å². The normalized spacial score (nSPS) is 18.9. The average Bonchev–Trinajstić information content (AvgIpc) is 3.52. The Bertz CT molecular complexity index is 1380. The van der Waals surface area contributed by atoms with E-state index >= 15 is 0 Å². The standard InChI is InChI=1S/C25H19F3N2O4S/c26-25(27,28)16-3-1-4-17(13-16)34-18-5-2-6-19-20(18)21(22(29)31)30-35(19)24(11-12-24)15-9-7-14(8-10-15)23(32)33/h1-10,13,35H,11-12H2,(H2,29,31)(H,32,33). The number of nitrogens with two attached hydrogens (primary N) is 1. The number of fused-ring (bicyclic) bond motifs is 1. The van der Waals surface area contributed by atoms with Crippen LogP contribution in [-0.4, -0.2) is 22.7 Å². The van der Waals surface area contributed by atoms with Gasteiger partial charge in [0.05, 0.1) is 16.7 Å². The van der Waals surface area contributed by atoms with Crippen LogP contribution in [0.25, 0.3) is 0 Å². The summed E-state index contributed by atoms with van der Waals surface area (Å²) in [5.74, 6) is -1.61. The molecule has 5 rings (SSSR count). The molecule has 1 aliphatic carbocycles. The second kappa shape index (κ2) is 8.16. The molecule has 3 aromatic carbocycles. The van der Waals surface area contributed by atoms with Gasteiger partial charge >= 0.3 is 12.1 Å². The van der Waals surface area contributed by atoms with Crippen LogP contribution in [0.3, 0.4) is 0 Å². The smallest absolute Gasteiger partial charge is 0.416 e. The Balaban J connectivity index is 1.55. The van der Waals surface area contributed by atoms with Crippen LogP contribution in [-0.2, 0) is 15.7 Å². The number of hydrogen-bond donors (Lipinski definition) is 3. The molecule has 1 amide bonds. The Hall–Kier alpha value is -3.79. The number of nitrogens with zero attached hydrogens (tertiary/aromatic N) is 1. The number of rotatable bonds is 6. The van der Waals surface area contributed by atoms with Gasteiger partial charge in [0, 0.05) is 9.64 Å². The summed E-state index contributed by atoms with van der Waals surface area (Å²) in [4.78, 5) is 24.3. The Morgan fingerprint density at radius 2 is 1.71 bits per heavy atom. The highest BCUT2D eigenvalue weighted by molar-refractivity contribution is 8.17. The maximum atomic E-state index is 13.1. The van der Waals surface area contributed by atoms with Crippen LogP contribution in [0.5, 0.6) is 11.5 Å². The van der Waals surface area contributed by atoms with Crippen molar-refractivity contribution in [1.29, 1.82) is 0 Å². The van der Waals surface area contributed by atoms with Crippen molar-refractivity contribution in [2.75, 3.05) is 0 Å². The summed E-state index contributed by atoms with van der Waals surface area (Å²) in [5, 5.41) is 9.20. The molecule has 0 radical (unpaired) electrons. The lowest BCUT2D eigenvalue weighted by molar-refractivity contribution is -0.137. The van der Waals surface area contributed by atoms with Crippen molar-refractivity contribution in [2.45, 2.75) is 28.7 Å². The van der Waals surface area contributed by atoms with Gasteiger partial charge in [-0.1, -0.05) is 24.3 Å². The molecule has 1 fully saturated rings. The molecule has 2 aliphatic rings. The lowest BCUT2D eigenvalue weighted by Crippen LogP contribution is -2.23. The van der Waals surface area contributed by atoms with Crippen LogP contribution in [0.4, 0.5) is 13.2 Å². The number of ether oxygens (including phenoxy) is 1. The number of benzene rings is 3. The number of thiol groups is 1. The number of aromatic carboxylic acids is 1. The number of carboxylic acids is 1. The molecule has 3 aromatic rings. The highest BCUT2D eigenvalue weighted by atomic mass is 32.2. The van der Waals surface area contributed by atoms with E-state index in [2.05, 4.69) is 0 Å². The Kier molecular flexibility index (Phi) is 5.36. The fraction of sp³-hybridized carbons (Fsp3) is 0.160. The first-order chi connectivity index (χ1) is 16.6. The van der Waals surface area contributed by atoms with Gasteiger partial charge in [-0.05, 0) is 60.9 Å². The van der Waals surface area contributed by atoms with Crippen LogP contribution in [0, 0.1) is 0 Å². The minimum absolute atomic E-state index is 0.0290. The SMILES string of the molecule is NC(=O)C1=N[SH](C2(c3ccc(C(=O)O)cc3)CC2)c2cccc(Oc3cccc(C(F)(F)F)c3)c21. The molecule has 0 spiro atoms. The zero-order valence-corrected chi connectivity index (χ0v) is 18.9. The zero-order chi connectivity index (χ0) is 25.0. The maximum absolute atomic E-state index is 13.1. The number of carbonyl (C=O) groups excluding carboxylic acids is 1. The summed E-state index contributed by atoms with van der Waals surface area (Å²) >= 11 is -1.30. The third-order valence-electron chi connectivity index (χ3n) is 6.09. The van der Waals surface area contributed by atoms with Gasteiger partial charge in [-0.2, -0.15) is 13.2 Å². The number of carbonyl (C=O) groups is 2. The number of halogens is 3. The van der Waals surface area contributed by atoms with Crippen molar-refractivity contribution >= 4 is 28.7 Å². The van der Waals surface area contributed by atoms with Gasteiger partial charge in [-0.15, -0.1) is 11.1 Å². The molecule has 0 saturated heterocycles. The third kappa shape index (κ3) is 4.03. The topological polar surface area (TPSA) is 102 Å². The highest BCUT2D eigenvalue weighted by Gasteiger charge is 2.52. The van der Waals surface area contributed by atoms with Crippen molar-refractivity contribution < 1.29 is 32.6 Å². The number of carboxylic acid groups (broad SMARTS) is 1. The largest absolute Gasteiger partial charge is 0.478 e. The molecule has 6 nitrogen and oxygen atoms in total. The van der Waals surface area contributed by atoms with Crippen molar-refractivity contribution in [3.05, 3.63) is 89.0 Å². The van der Waals surface area contributed by atoms with Gasteiger partial charge in [0.15, 0.2) is 0 Å². The van der Waals surface area contributed by atoms with E-state index < -0.39 is 34.7 Å². The zero-order valence-electron chi connectivity index (χ0n) is 18.0. The number of primary amides is 1. The predicted octanol–water partition coefficient (Wildman–Crippen LogP) is 5.45. The second-order valence-electron chi connectivity index (χ2n) is 8.32. The lowest BCUT2D eigenvalue weighted by atomic mass is 10.1. The summed E-state index contributed by atoms with van der Waals surface area (Å²) in [6.45, 7) is 0. The van der Waals surface area contributed by atoms with E-state index in [1.54, 1.807) is 24.3 Å². The minimum Gasteiger partial charge on any atom is -0.478 e. The molecule has 0 aromatic heterocycles. The van der Waals surface area contributed by atoms with Gasteiger partial charge in [0.1, 0.15) is 17.2 Å². The fourth-order valence-corrected chi connectivity index (χ4v) is 6.99. The predicted molar refractivity (Wildman–Crippen MR) is 125 cm³/mol. The van der Waals surface area contributed by atoms with Gasteiger partial charge in [-0.3, -0.25) is 4.79 Å². The summed E-state index contributed by atoms with van der Waals surface area (Å²) in [6.07, 6.45) is -2.95. The molecule has 1 heterocycles. The maximum Gasteiger partial charge on any atom is 0.416 e. The second-order valence-corrected chi connectivity index (χ2v) is 10.5. The van der Waals surface area contributed by atoms with E-state index in [4.69, 9.17) is 14.9 Å². The summed E-state index contributed by atoms with van der Waals surface area (Å²) in [6, 6.07) is 16.2. The van der Waals surface area contributed by atoms with Crippen LogP contribution in [0.2, 0.25) is 0 Å². The van der Waals surface area contributed by atoms with E-state index in [-0.39, 0.29) is 27.5 Å². The van der Waals surface area contributed by atoms with E-state index in [0.717, 1.165) is 35.4 Å². The van der Waals surface area contributed by atoms with Crippen LogP contribution >= 0.6 is 11.1 Å². The van der Waals surface area contributed by atoms with Crippen LogP contribution < -0.4 is 10.5 Å². The van der Waals surface area contributed by atoms with Crippen LogP contribution in [0.1, 0.15) is 39.9 Å². The van der Waals surface area contributed by atoms with E-state index in [0.29, 0.717) is 5.56 Å². The minimum atomic E-state index is -4.53. The Labute approximate surface area is 200 Å². The molecule has 180 valence electrons. The molecule has 35 heavy (non-hydrogen) atoms. The van der Waals surface area contributed by atoms with Gasteiger partial charge in [0.25, 0.3) is 5.91 Å². The first kappa shape index (κ1) is 23.0. The molecular weight excluding hydrogens is 481 g/mol. The van der Waals surface area contributed by atoms with Gasteiger partial charge in [0.2, 0.25) is 0 Å². The average molecular weight is 500 g/mol. The number of hydrogen-bond acceptors (Lipinski definition) is 4. The van der Waals surface area contributed by atoms with Crippen molar-refractivity contribution in [3.8, 4) is 11.5 Å². The first-order valence-electron chi connectivity index (χ1n) is 10.6. The fourth-order valence-electron chi connectivity index (χ4n) is 4.25. The number of amides is 1. The molecule has 1 saturated carbocycles. The highest BCUT2D eigenvalue weighted by Crippen LogP contribution is 2.71. The van der Waals surface area contributed by atoms with E-state index in [9.17, 15) is 27.9 Å². The molecular formula is C25H19F3N2O4S. The third-order valence-corrected chi connectivity index (χ3v) is 8.84. The molecule has 1 atom stereocenters. The molecule has 1 unspecified atom stereocenters. The monoisotopic (exact) mass is 500 g/mol. The van der Waals surface area contributed by atoms with Crippen molar-refractivity contribution in [1.82, 2.24) is 0 Å². The van der Waals surface area contributed by atoms with Gasteiger partial charge in [-0.25, -0.2) is 9.19 Å². The molecule has 10 heteroatoms. The van der Waals surface area contributed by atoms with E-state index in [1.165, 1.54) is 24.3 Å².